The van der Waals surface area contributed by atoms with Gasteiger partial charge in [-0.15, -0.1) is 0 Å². The molecule has 0 saturated carbocycles. The highest BCUT2D eigenvalue weighted by molar-refractivity contribution is 7.64. The minimum atomic E-state index is 0.214. The van der Waals surface area contributed by atoms with Gasteiger partial charge < -0.3 is 0 Å². The van der Waals surface area contributed by atoms with E-state index >= 15 is 0 Å². The highest BCUT2D eigenvalue weighted by Gasteiger charge is 1.37. The van der Waals surface area contributed by atoms with Crippen molar-refractivity contribution < 1.29 is 4.21 Å². The van der Waals surface area contributed by atoms with E-state index < -0.39 is 0 Å². The molecule has 0 aliphatic rings. The van der Waals surface area contributed by atoms with Crippen LogP contribution in [0.2, 0.25) is 0 Å². The zero-order valence-corrected chi connectivity index (χ0v) is 3.84. The molecule has 0 amide bonds. The Morgan fingerprint density at radius 3 is 2.60 bits per heavy atom. The molecule has 0 aromatic rings. The maximum Gasteiger partial charge on any atom is 0.143 e. The first-order chi connectivity index (χ1) is 2.41. The first kappa shape index (κ1) is 4.96. The predicted molar refractivity (Wildman–Crippen MR) is 23.6 cm³/mol. The van der Waals surface area contributed by atoms with Gasteiger partial charge in [0.05, 0.1) is 5.54 Å². The van der Waals surface area contributed by atoms with E-state index in [-0.39, 0.29) is 11.3 Å². The van der Waals surface area contributed by atoms with E-state index in [2.05, 4.69) is 5.02 Å². The van der Waals surface area contributed by atoms with Crippen LogP contribution in [0.1, 0.15) is 0 Å². The monoisotopic (exact) mass is 108 g/mol. The van der Waals surface area contributed by atoms with E-state index in [0.717, 1.165) is 5.54 Å². The van der Waals surface area contributed by atoms with Gasteiger partial charge in [0.2, 0.25) is 0 Å². The number of halogens is 1. The molecule has 1 nitrogen and oxygen atoms in total. The van der Waals surface area contributed by atoms with Crippen LogP contribution in [0.25, 0.3) is 0 Å². The standard InChI is InChI=1S/C2HClOS/c3-1-2-5-4/h1H. The Kier molecular flexibility index (Phi) is 3.93. The molecular weight excluding hydrogens is 108 g/mol. The Hall–Kier alpha value is -0.0400. The van der Waals surface area contributed by atoms with Crippen LogP contribution in [-0.2, 0) is 11.3 Å². The largest absolute Gasteiger partial charge is 0.203 e. The van der Waals surface area contributed by atoms with Crippen LogP contribution < -0.4 is 0 Å². The Balaban J connectivity index is 3.75. The molecule has 0 aliphatic carbocycles. The lowest BCUT2D eigenvalue weighted by Gasteiger charge is -1.33. The van der Waals surface area contributed by atoms with Gasteiger partial charge >= 0.3 is 0 Å². The molecule has 0 aromatic carbocycles. The molecule has 0 fully saturated rings. The van der Waals surface area contributed by atoms with Gasteiger partial charge in [0.15, 0.2) is 0 Å². The topological polar surface area (TPSA) is 17.1 Å². The van der Waals surface area contributed by atoms with E-state index in [0.29, 0.717) is 0 Å². The van der Waals surface area contributed by atoms with Gasteiger partial charge in [-0.05, 0) is 5.02 Å². The van der Waals surface area contributed by atoms with Crippen LogP contribution in [0.3, 0.4) is 0 Å². The third-order valence-electron chi connectivity index (χ3n) is 0.0927. The molecule has 0 atom stereocenters. The summed E-state index contributed by atoms with van der Waals surface area (Å²) in [5, 5.41) is 2.11. The lowest BCUT2D eigenvalue weighted by molar-refractivity contribution is 0.701. The zero-order valence-electron chi connectivity index (χ0n) is 2.27. The Morgan fingerprint density at radius 1 is 2.00 bits per heavy atom. The fraction of sp³-hybridized carbons (Fsp3) is 0. The highest BCUT2D eigenvalue weighted by atomic mass is 35.5. The molecule has 0 rings (SSSR count). The van der Waals surface area contributed by atoms with Crippen LogP contribution in [0.15, 0.2) is 5.54 Å². The summed E-state index contributed by atoms with van der Waals surface area (Å²) < 4.78 is 9.22. The van der Waals surface area contributed by atoms with Crippen molar-refractivity contribution >= 4 is 27.9 Å². The molecular formula is C2HClOS. The van der Waals surface area contributed by atoms with Gasteiger partial charge in [-0.2, -0.15) is 0 Å². The van der Waals surface area contributed by atoms with Crippen molar-refractivity contribution in [3.05, 3.63) is 5.54 Å². The average Bonchev–Trinajstić information content (AvgIpc) is 1.41. The molecule has 0 heterocycles. The summed E-state index contributed by atoms with van der Waals surface area (Å²) in [7, 11) is 0. The summed E-state index contributed by atoms with van der Waals surface area (Å²) in [6, 6.07) is 0. The first-order valence-corrected chi connectivity index (χ1v) is 2.06. The summed E-state index contributed by atoms with van der Waals surface area (Å²) in [6.45, 7) is 0. The van der Waals surface area contributed by atoms with Crippen LogP contribution >= 0.6 is 11.6 Å². The third kappa shape index (κ3) is 3.96. The Morgan fingerprint density at radius 2 is 2.60 bits per heavy atom. The molecule has 5 heavy (non-hydrogen) atoms. The predicted octanol–water partition coefficient (Wildman–Crippen LogP) is 0.353. The van der Waals surface area contributed by atoms with Crippen LogP contribution in [0, 0.1) is 0 Å². The summed E-state index contributed by atoms with van der Waals surface area (Å²) in [4.78, 5) is 0. The molecule has 0 saturated heterocycles. The second kappa shape index (κ2) is 3.96. The summed E-state index contributed by atoms with van der Waals surface area (Å²) in [5.41, 5.74) is 1.05. The third-order valence-corrected chi connectivity index (χ3v) is 0.545. The van der Waals surface area contributed by atoms with Crippen molar-refractivity contribution in [1.82, 2.24) is 0 Å². The molecule has 0 aromatic heterocycles. The zero-order chi connectivity index (χ0) is 4.12. The van der Waals surface area contributed by atoms with Gasteiger partial charge in [0.1, 0.15) is 11.3 Å². The second-order valence-electron chi connectivity index (χ2n) is 0.310. The molecule has 0 bridgehead atoms. The van der Waals surface area contributed by atoms with Gasteiger partial charge in [-0.1, -0.05) is 11.6 Å². The maximum absolute atomic E-state index is 9.22. The SMILES string of the molecule is O=S=C=CCl. The average molecular weight is 109 g/mol. The highest BCUT2D eigenvalue weighted by Crippen LogP contribution is 1.60. The minimum Gasteiger partial charge on any atom is -0.203 e. The maximum atomic E-state index is 9.22. The lowest BCUT2D eigenvalue weighted by Crippen LogP contribution is -1.35. The van der Waals surface area contributed by atoms with E-state index in [1.807, 2.05) is 0 Å². The number of hydrogen-bond donors (Lipinski definition) is 0. The number of rotatable bonds is 0. The second-order valence-corrected chi connectivity index (χ2v) is 0.931. The van der Waals surface area contributed by atoms with Gasteiger partial charge in [0.25, 0.3) is 0 Å². The Bertz CT molecular complexity index is 87.8. The van der Waals surface area contributed by atoms with Crippen molar-refractivity contribution in [2.45, 2.75) is 0 Å². The van der Waals surface area contributed by atoms with Crippen LogP contribution in [0.4, 0.5) is 0 Å². The van der Waals surface area contributed by atoms with Crippen molar-refractivity contribution in [3.63, 3.8) is 0 Å². The Labute approximate surface area is 38.3 Å². The van der Waals surface area contributed by atoms with E-state index in [1.165, 1.54) is 0 Å². The molecule has 0 unspecified atom stereocenters. The smallest absolute Gasteiger partial charge is 0.143 e. The molecule has 0 aliphatic heterocycles. The van der Waals surface area contributed by atoms with E-state index in [9.17, 15) is 4.21 Å². The van der Waals surface area contributed by atoms with Gasteiger partial charge in [-0.3, -0.25) is 0 Å². The quantitative estimate of drug-likeness (QED) is 0.410. The minimum absolute atomic E-state index is 0.214. The van der Waals surface area contributed by atoms with Crippen molar-refractivity contribution in [2.24, 2.45) is 0 Å². The van der Waals surface area contributed by atoms with Gasteiger partial charge in [-0.25, -0.2) is 4.21 Å². The fourth-order valence-electron chi connectivity index (χ4n) is 0.0182. The molecule has 0 radical (unpaired) electrons. The van der Waals surface area contributed by atoms with Gasteiger partial charge in [0, 0.05) is 0 Å². The first-order valence-electron chi connectivity index (χ1n) is 0.878. The summed E-state index contributed by atoms with van der Waals surface area (Å²) in [6.07, 6.45) is 0. The van der Waals surface area contributed by atoms with Crippen LogP contribution in [-0.4, -0.2) is 9.23 Å². The van der Waals surface area contributed by atoms with E-state index in [1.54, 1.807) is 0 Å². The van der Waals surface area contributed by atoms with E-state index in [4.69, 9.17) is 11.6 Å². The normalized spacial score (nSPS) is 5.00. The lowest BCUT2D eigenvalue weighted by atomic mass is 11.3. The summed E-state index contributed by atoms with van der Waals surface area (Å²) >= 11 is 5.06. The molecule has 28 valence electrons. The molecule has 0 spiro atoms. The molecule has 3 heteroatoms. The van der Waals surface area contributed by atoms with Crippen molar-refractivity contribution in [1.29, 1.82) is 0 Å². The fourth-order valence-corrected chi connectivity index (χ4v) is 0.164. The number of hydrogen-bond acceptors (Lipinski definition) is 1. The van der Waals surface area contributed by atoms with Crippen LogP contribution in [0.5, 0.6) is 0 Å². The van der Waals surface area contributed by atoms with Crippen molar-refractivity contribution in [3.8, 4) is 0 Å². The summed E-state index contributed by atoms with van der Waals surface area (Å²) in [5.74, 6) is 0. The van der Waals surface area contributed by atoms with Crippen molar-refractivity contribution in [2.75, 3.05) is 0 Å². The molecule has 0 N–H and O–H groups in total.